The van der Waals surface area contributed by atoms with Crippen LogP contribution in [-0.4, -0.2) is 12.5 Å². The van der Waals surface area contributed by atoms with E-state index in [2.05, 4.69) is 17.5 Å². The molecule has 2 rings (SSSR count). The van der Waals surface area contributed by atoms with Gasteiger partial charge in [0.15, 0.2) is 0 Å². The molecule has 2 nitrogen and oxygen atoms in total. The second-order valence-electron chi connectivity index (χ2n) is 3.02. The van der Waals surface area contributed by atoms with Crippen LogP contribution in [0.15, 0.2) is 23.3 Å². The summed E-state index contributed by atoms with van der Waals surface area (Å²) >= 11 is 0. The maximum absolute atomic E-state index is 10.9. The van der Waals surface area contributed by atoms with Crippen molar-refractivity contribution in [3.05, 3.63) is 23.3 Å². The summed E-state index contributed by atoms with van der Waals surface area (Å²) in [6, 6.07) is 0. The van der Waals surface area contributed by atoms with Gasteiger partial charge in [0.1, 0.15) is 0 Å². The minimum absolute atomic E-state index is 0.180. The molecule has 0 fully saturated rings. The molecule has 0 aromatic heterocycles. The molecule has 0 bridgehead atoms. The van der Waals surface area contributed by atoms with Crippen LogP contribution in [-0.2, 0) is 4.79 Å². The Morgan fingerprint density at radius 3 is 3.27 bits per heavy atom. The maximum atomic E-state index is 10.9. The minimum Gasteiger partial charge on any atom is -0.352 e. The van der Waals surface area contributed by atoms with Crippen molar-refractivity contribution in [1.29, 1.82) is 0 Å². The number of hydrogen-bond donors (Lipinski definition) is 1. The predicted molar refractivity (Wildman–Crippen MR) is 43.0 cm³/mol. The third kappa shape index (κ3) is 1.20. The van der Waals surface area contributed by atoms with Crippen molar-refractivity contribution in [1.82, 2.24) is 5.32 Å². The molecular formula is C9H11NO. The third-order valence-corrected chi connectivity index (χ3v) is 2.24. The first-order chi connectivity index (χ1) is 5.36. The minimum atomic E-state index is 0.180. The van der Waals surface area contributed by atoms with Crippen molar-refractivity contribution < 1.29 is 4.79 Å². The van der Waals surface area contributed by atoms with Gasteiger partial charge in [-0.3, -0.25) is 4.79 Å². The number of hydrogen-bond acceptors (Lipinski definition) is 1. The fourth-order valence-corrected chi connectivity index (χ4v) is 1.60. The van der Waals surface area contributed by atoms with Crippen molar-refractivity contribution in [3.63, 3.8) is 0 Å². The Kier molecular flexibility index (Phi) is 1.53. The molecule has 2 heteroatoms. The van der Waals surface area contributed by atoms with Crippen LogP contribution >= 0.6 is 0 Å². The highest BCUT2D eigenvalue weighted by atomic mass is 16.1. The molecule has 0 spiro atoms. The number of rotatable bonds is 0. The van der Waals surface area contributed by atoms with Crippen LogP contribution in [0.1, 0.15) is 19.3 Å². The fraction of sp³-hybridized carbons (Fsp3) is 0.444. The summed E-state index contributed by atoms with van der Waals surface area (Å²) in [5.41, 5.74) is 2.67. The van der Waals surface area contributed by atoms with Crippen molar-refractivity contribution >= 4 is 5.91 Å². The smallest absolute Gasteiger partial charge is 0.224 e. The maximum Gasteiger partial charge on any atom is 0.224 e. The van der Waals surface area contributed by atoms with Crippen molar-refractivity contribution in [2.45, 2.75) is 19.3 Å². The zero-order valence-corrected chi connectivity index (χ0v) is 6.39. The summed E-state index contributed by atoms with van der Waals surface area (Å²) in [5.74, 6) is 0.180. The SMILES string of the molecule is O=C1CC2=C(C=CCC2)CN1. The van der Waals surface area contributed by atoms with Crippen LogP contribution in [0.3, 0.4) is 0 Å². The molecule has 0 radical (unpaired) electrons. The summed E-state index contributed by atoms with van der Waals surface area (Å²) in [6.07, 6.45) is 7.12. The first kappa shape index (κ1) is 6.65. The van der Waals surface area contributed by atoms with Gasteiger partial charge in [0, 0.05) is 13.0 Å². The Bertz CT molecular complexity index is 250. The summed E-state index contributed by atoms with van der Waals surface area (Å²) in [7, 11) is 0. The van der Waals surface area contributed by atoms with E-state index in [1.807, 2.05) is 0 Å². The van der Waals surface area contributed by atoms with Gasteiger partial charge in [-0.2, -0.15) is 0 Å². The zero-order chi connectivity index (χ0) is 7.68. The molecule has 1 N–H and O–H groups in total. The Hall–Kier alpha value is -1.05. The van der Waals surface area contributed by atoms with E-state index in [0.717, 1.165) is 19.4 Å². The number of carbonyl (C=O) groups is 1. The van der Waals surface area contributed by atoms with Gasteiger partial charge in [-0.05, 0) is 18.4 Å². The van der Waals surface area contributed by atoms with E-state index < -0.39 is 0 Å². The molecule has 0 unspecified atom stereocenters. The molecule has 11 heavy (non-hydrogen) atoms. The van der Waals surface area contributed by atoms with Crippen LogP contribution in [0.2, 0.25) is 0 Å². The largest absolute Gasteiger partial charge is 0.352 e. The lowest BCUT2D eigenvalue weighted by Crippen LogP contribution is -2.31. The van der Waals surface area contributed by atoms with Gasteiger partial charge in [0.2, 0.25) is 5.91 Å². The number of nitrogens with one attached hydrogen (secondary N) is 1. The monoisotopic (exact) mass is 149 g/mol. The summed E-state index contributed by atoms with van der Waals surface area (Å²) in [6.45, 7) is 0.741. The van der Waals surface area contributed by atoms with Gasteiger partial charge in [-0.25, -0.2) is 0 Å². The quantitative estimate of drug-likeness (QED) is 0.550. The van der Waals surface area contributed by atoms with Gasteiger partial charge in [0.05, 0.1) is 0 Å². The zero-order valence-electron chi connectivity index (χ0n) is 6.39. The van der Waals surface area contributed by atoms with Crippen LogP contribution in [0.4, 0.5) is 0 Å². The average Bonchev–Trinajstić information content (AvgIpc) is 2.04. The first-order valence-electron chi connectivity index (χ1n) is 4.00. The summed E-state index contributed by atoms with van der Waals surface area (Å²) < 4.78 is 0. The lowest BCUT2D eigenvalue weighted by molar-refractivity contribution is -0.120. The molecule has 1 aliphatic heterocycles. The molecular weight excluding hydrogens is 138 g/mol. The van der Waals surface area contributed by atoms with Gasteiger partial charge in [-0.15, -0.1) is 0 Å². The van der Waals surface area contributed by atoms with Crippen molar-refractivity contribution in [2.75, 3.05) is 6.54 Å². The van der Waals surface area contributed by atoms with Gasteiger partial charge in [-0.1, -0.05) is 17.7 Å². The standard InChI is InChI=1S/C9H11NO/c11-9-5-7-3-1-2-4-8(7)6-10-9/h2,4H,1,3,5-6H2,(H,10,11). The normalized spacial score (nSPS) is 23.1. The predicted octanol–water partition coefficient (Wildman–Crippen LogP) is 1.15. The van der Waals surface area contributed by atoms with Crippen LogP contribution < -0.4 is 5.32 Å². The molecule has 1 heterocycles. The molecule has 0 saturated carbocycles. The molecule has 1 aliphatic carbocycles. The molecule has 0 aromatic carbocycles. The van der Waals surface area contributed by atoms with E-state index in [-0.39, 0.29) is 5.91 Å². The highest BCUT2D eigenvalue weighted by Crippen LogP contribution is 2.23. The van der Waals surface area contributed by atoms with Crippen LogP contribution in [0.25, 0.3) is 0 Å². The summed E-state index contributed by atoms with van der Waals surface area (Å²) in [5, 5.41) is 2.83. The Morgan fingerprint density at radius 2 is 2.36 bits per heavy atom. The first-order valence-corrected chi connectivity index (χ1v) is 4.00. The highest BCUT2D eigenvalue weighted by molar-refractivity contribution is 5.81. The van der Waals surface area contributed by atoms with Gasteiger partial charge in [0.25, 0.3) is 0 Å². The van der Waals surface area contributed by atoms with Gasteiger partial charge < -0.3 is 5.32 Å². The molecule has 0 aromatic rings. The Morgan fingerprint density at radius 1 is 1.45 bits per heavy atom. The van der Waals surface area contributed by atoms with Crippen LogP contribution in [0, 0.1) is 0 Å². The lowest BCUT2D eigenvalue weighted by atomic mass is 9.92. The van der Waals surface area contributed by atoms with Gasteiger partial charge >= 0.3 is 0 Å². The Labute approximate surface area is 66.0 Å². The second kappa shape index (κ2) is 2.53. The molecule has 1 amide bonds. The Balaban J connectivity index is 2.26. The van der Waals surface area contributed by atoms with E-state index in [1.54, 1.807) is 0 Å². The van der Waals surface area contributed by atoms with E-state index >= 15 is 0 Å². The molecule has 0 saturated heterocycles. The van der Waals surface area contributed by atoms with E-state index in [0.29, 0.717) is 6.42 Å². The van der Waals surface area contributed by atoms with Crippen molar-refractivity contribution in [2.24, 2.45) is 0 Å². The molecule has 2 aliphatic rings. The number of allylic oxidation sites excluding steroid dienone is 1. The van der Waals surface area contributed by atoms with E-state index in [9.17, 15) is 4.79 Å². The third-order valence-electron chi connectivity index (χ3n) is 2.24. The summed E-state index contributed by atoms with van der Waals surface area (Å²) in [4.78, 5) is 10.9. The lowest BCUT2D eigenvalue weighted by Gasteiger charge is -2.21. The van der Waals surface area contributed by atoms with E-state index in [4.69, 9.17) is 0 Å². The van der Waals surface area contributed by atoms with Crippen LogP contribution in [0.5, 0.6) is 0 Å². The number of carbonyl (C=O) groups excluding carboxylic acids is 1. The molecule has 58 valence electrons. The average molecular weight is 149 g/mol. The van der Waals surface area contributed by atoms with E-state index in [1.165, 1.54) is 11.1 Å². The second-order valence-corrected chi connectivity index (χ2v) is 3.02. The highest BCUT2D eigenvalue weighted by Gasteiger charge is 2.16. The topological polar surface area (TPSA) is 29.1 Å². The fourth-order valence-electron chi connectivity index (χ4n) is 1.60. The molecule has 0 atom stereocenters. The van der Waals surface area contributed by atoms with Crippen molar-refractivity contribution in [3.8, 4) is 0 Å². The number of amides is 1.